The molecule has 0 heterocycles. The molecule has 1 atom stereocenters. The van der Waals surface area contributed by atoms with Gasteiger partial charge in [0.25, 0.3) is 0 Å². The molecule has 2 aromatic rings. The molecule has 5 nitrogen and oxygen atoms in total. The Balaban J connectivity index is 2.02. The average Bonchev–Trinajstić information content (AvgIpc) is 2.58. The van der Waals surface area contributed by atoms with Gasteiger partial charge in [-0.1, -0.05) is 47.5 Å². The number of benzene rings is 2. The number of anilines is 1. The predicted molar refractivity (Wildman–Crippen MR) is 106 cm³/mol. The van der Waals surface area contributed by atoms with Crippen LogP contribution in [-0.2, 0) is 11.3 Å². The Morgan fingerprint density at radius 1 is 1.15 bits per heavy atom. The lowest BCUT2D eigenvalue weighted by Gasteiger charge is -2.22. The molecule has 2 N–H and O–H groups in total. The van der Waals surface area contributed by atoms with E-state index in [1.165, 1.54) is 11.8 Å². The van der Waals surface area contributed by atoms with Gasteiger partial charge in [-0.25, -0.2) is 4.79 Å². The van der Waals surface area contributed by atoms with E-state index < -0.39 is 0 Å². The lowest BCUT2D eigenvalue weighted by molar-refractivity contribution is -0.114. The van der Waals surface area contributed by atoms with Gasteiger partial charge >= 0.3 is 6.03 Å². The van der Waals surface area contributed by atoms with Gasteiger partial charge in [-0.05, 0) is 36.2 Å². The SMILES string of the molecule is CC(=O)Nc1cccc(C(C)NC(=O)N(C)Cc2cccc(Cl)c2Cl)c1. The van der Waals surface area contributed by atoms with Crippen molar-refractivity contribution in [2.75, 3.05) is 12.4 Å². The molecule has 2 rings (SSSR count). The van der Waals surface area contributed by atoms with Crippen molar-refractivity contribution in [3.05, 3.63) is 63.6 Å². The molecule has 0 aromatic heterocycles. The monoisotopic (exact) mass is 393 g/mol. The molecule has 0 aliphatic carbocycles. The summed E-state index contributed by atoms with van der Waals surface area (Å²) >= 11 is 12.2. The van der Waals surface area contributed by atoms with Gasteiger partial charge in [-0.3, -0.25) is 4.79 Å². The van der Waals surface area contributed by atoms with Gasteiger partial charge < -0.3 is 15.5 Å². The van der Waals surface area contributed by atoms with Crippen LogP contribution in [0.5, 0.6) is 0 Å². The molecule has 0 saturated heterocycles. The fourth-order valence-electron chi connectivity index (χ4n) is 2.47. The van der Waals surface area contributed by atoms with Crippen LogP contribution in [0.3, 0.4) is 0 Å². The first-order valence-electron chi connectivity index (χ1n) is 8.10. The maximum atomic E-state index is 12.5. The van der Waals surface area contributed by atoms with Crippen LogP contribution >= 0.6 is 23.2 Å². The number of halogens is 2. The Morgan fingerprint density at radius 2 is 1.85 bits per heavy atom. The van der Waals surface area contributed by atoms with Gasteiger partial charge in [0.15, 0.2) is 0 Å². The highest BCUT2D eigenvalue weighted by atomic mass is 35.5. The summed E-state index contributed by atoms with van der Waals surface area (Å²) in [7, 11) is 1.69. The molecule has 0 aliphatic rings. The molecule has 1 unspecified atom stereocenters. The van der Waals surface area contributed by atoms with E-state index in [-0.39, 0.29) is 18.0 Å². The molecule has 0 fully saturated rings. The maximum Gasteiger partial charge on any atom is 0.317 e. The first-order valence-corrected chi connectivity index (χ1v) is 8.85. The third-order valence-corrected chi connectivity index (χ3v) is 4.69. The van der Waals surface area contributed by atoms with E-state index in [0.29, 0.717) is 22.3 Å². The zero-order valence-electron chi connectivity index (χ0n) is 14.8. The first-order chi connectivity index (χ1) is 12.3. The van der Waals surface area contributed by atoms with Gasteiger partial charge in [-0.2, -0.15) is 0 Å². The third-order valence-electron chi connectivity index (χ3n) is 3.83. The Bertz CT molecular complexity index is 811. The standard InChI is InChI=1S/C19H21Cl2N3O2/c1-12(14-6-4-8-16(10-14)23-13(2)25)22-19(26)24(3)11-15-7-5-9-17(20)18(15)21/h4-10,12H,11H2,1-3H3,(H,22,26)(H,23,25). The Hall–Kier alpha value is -2.24. The third kappa shape index (κ3) is 5.38. The molecule has 3 amide bonds. The smallest absolute Gasteiger partial charge is 0.317 e. The summed E-state index contributed by atoms with van der Waals surface area (Å²) in [5.41, 5.74) is 2.35. The van der Waals surface area contributed by atoms with Crippen molar-refractivity contribution in [3.63, 3.8) is 0 Å². The highest BCUT2D eigenvalue weighted by Gasteiger charge is 2.15. The molecular weight excluding hydrogens is 373 g/mol. The summed E-state index contributed by atoms with van der Waals surface area (Å²) in [6, 6.07) is 12.2. The highest BCUT2D eigenvalue weighted by Crippen LogP contribution is 2.26. The fraction of sp³-hybridized carbons (Fsp3) is 0.263. The molecular formula is C19H21Cl2N3O2. The summed E-state index contributed by atoms with van der Waals surface area (Å²) in [6.45, 7) is 3.67. The molecule has 0 saturated carbocycles. The van der Waals surface area contributed by atoms with E-state index in [1.54, 1.807) is 25.2 Å². The molecule has 0 bridgehead atoms. The zero-order chi connectivity index (χ0) is 19.3. The lowest BCUT2D eigenvalue weighted by atomic mass is 10.1. The second-order valence-electron chi connectivity index (χ2n) is 6.05. The van der Waals surface area contributed by atoms with Crippen LogP contribution in [0, 0.1) is 0 Å². The molecule has 0 radical (unpaired) electrons. The summed E-state index contributed by atoms with van der Waals surface area (Å²) in [5.74, 6) is -0.142. The summed E-state index contributed by atoms with van der Waals surface area (Å²) in [6.07, 6.45) is 0. The van der Waals surface area contributed by atoms with E-state index in [4.69, 9.17) is 23.2 Å². The van der Waals surface area contributed by atoms with Crippen molar-refractivity contribution >= 4 is 40.8 Å². The fourth-order valence-corrected chi connectivity index (χ4v) is 2.85. The second kappa shape index (κ2) is 8.92. The average molecular weight is 394 g/mol. The van der Waals surface area contributed by atoms with Crippen LogP contribution in [0.25, 0.3) is 0 Å². The lowest BCUT2D eigenvalue weighted by Crippen LogP contribution is -2.38. The molecule has 26 heavy (non-hydrogen) atoms. The predicted octanol–water partition coefficient (Wildman–Crippen LogP) is 4.85. The van der Waals surface area contributed by atoms with E-state index in [1.807, 2.05) is 31.2 Å². The van der Waals surface area contributed by atoms with Crippen LogP contribution in [0.2, 0.25) is 10.0 Å². The number of urea groups is 1. The minimum Gasteiger partial charge on any atom is -0.331 e. The van der Waals surface area contributed by atoms with Gasteiger partial charge in [0.1, 0.15) is 0 Å². The van der Waals surface area contributed by atoms with Crippen LogP contribution in [0.15, 0.2) is 42.5 Å². The van der Waals surface area contributed by atoms with Crippen LogP contribution in [0.1, 0.15) is 31.0 Å². The first kappa shape index (κ1) is 20.1. The Labute approximate surface area is 163 Å². The van der Waals surface area contributed by atoms with Crippen LogP contribution in [0.4, 0.5) is 10.5 Å². The number of carbonyl (C=O) groups is 2. The molecule has 138 valence electrons. The molecule has 7 heteroatoms. The molecule has 2 aromatic carbocycles. The topological polar surface area (TPSA) is 61.4 Å². The zero-order valence-corrected chi connectivity index (χ0v) is 16.4. The number of rotatable bonds is 5. The van der Waals surface area contributed by atoms with Crippen molar-refractivity contribution < 1.29 is 9.59 Å². The quantitative estimate of drug-likeness (QED) is 0.761. The van der Waals surface area contributed by atoms with Crippen molar-refractivity contribution in [2.24, 2.45) is 0 Å². The highest BCUT2D eigenvalue weighted by molar-refractivity contribution is 6.42. The summed E-state index contributed by atoms with van der Waals surface area (Å²) in [4.78, 5) is 25.2. The minimum atomic E-state index is -0.238. The van der Waals surface area contributed by atoms with Crippen LogP contribution in [-0.4, -0.2) is 23.9 Å². The number of nitrogens with one attached hydrogen (secondary N) is 2. The summed E-state index contributed by atoms with van der Waals surface area (Å²) in [5, 5.41) is 6.57. The number of nitrogens with zero attached hydrogens (tertiary/aromatic N) is 1. The normalized spacial score (nSPS) is 11.6. The van der Waals surface area contributed by atoms with Gasteiger partial charge in [0.05, 0.1) is 16.1 Å². The largest absolute Gasteiger partial charge is 0.331 e. The van der Waals surface area contributed by atoms with Crippen molar-refractivity contribution in [1.82, 2.24) is 10.2 Å². The number of carbonyl (C=O) groups excluding carboxylic acids is 2. The molecule has 0 spiro atoms. The number of hydrogen-bond acceptors (Lipinski definition) is 2. The maximum absolute atomic E-state index is 12.5. The van der Waals surface area contributed by atoms with Crippen molar-refractivity contribution in [1.29, 1.82) is 0 Å². The van der Waals surface area contributed by atoms with E-state index in [2.05, 4.69) is 10.6 Å². The van der Waals surface area contributed by atoms with E-state index >= 15 is 0 Å². The van der Waals surface area contributed by atoms with E-state index in [9.17, 15) is 9.59 Å². The van der Waals surface area contributed by atoms with E-state index in [0.717, 1.165) is 11.1 Å². The van der Waals surface area contributed by atoms with Crippen molar-refractivity contribution in [3.8, 4) is 0 Å². The Morgan fingerprint density at radius 3 is 2.54 bits per heavy atom. The summed E-state index contributed by atoms with van der Waals surface area (Å²) < 4.78 is 0. The second-order valence-corrected chi connectivity index (χ2v) is 6.83. The number of hydrogen-bond donors (Lipinski definition) is 2. The van der Waals surface area contributed by atoms with Gasteiger partial charge in [0, 0.05) is 26.2 Å². The Kier molecular flexibility index (Phi) is 6.89. The minimum absolute atomic E-state index is 0.142. The van der Waals surface area contributed by atoms with Gasteiger partial charge in [-0.15, -0.1) is 0 Å². The number of amides is 3. The van der Waals surface area contributed by atoms with Crippen molar-refractivity contribution in [2.45, 2.75) is 26.4 Å². The van der Waals surface area contributed by atoms with Crippen LogP contribution < -0.4 is 10.6 Å². The van der Waals surface area contributed by atoms with Gasteiger partial charge in [0.2, 0.25) is 5.91 Å². The molecule has 0 aliphatic heterocycles.